The van der Waals surface area contributed by atoms with Crippen molar-refractivity contribution in [2.75, 3.05) is 12.4 Å². The molecule has 0 saturated heterocycles. The second-order valence-electron chi connectivity index (χ2n) is 7.34. The Hall–Kier alpha value is -2.25. The summed E-state index contributed by atoms with van der Waals surface area (Å²) in [7, 11) is 0. The van der Waals surface area contributed by atoms with Gasteiger partial charge >= 0.3 is 0 Å². The quantitative estimate of drug-likeness (QED) is 0.594. The van der Waals surface area contributed by atoms with Gasteiger partial charge in [-0.25, -0.2) is 0 Å². The predicted molar refractivity (Wildman–Crippen MR) is 105 cm³/mol. The fraction of sp³-hybridized carbons (Fsp3) is 0.400. The van der Waals surface area contributed by atoms with Gasteiger partial charge < -0.3 is 18.8 Å². The number of thioether (sulfide) groups is 1. The number of aromatic nitrogens is 3. The molecule has 0 aliphatic rings. The lowest BCUT2D eigenvalue weighted by Gasteiger charge is -2.23. The highest BCUT2D eigenvalue weighted by atomic mass is 32.2. The molecule has 0 radical (unpaired) electrons. The Morgan fingerprint density at radius 3 is 2.78 bits per heavy atom. The topological polar surface area (TPSA) is 73.3 Å². The standard InChI is InChI=1S/C20H25N3O3S/c1-20(2,3)17-8-4-5-9-18(17)26-12-15(24)13-27-19-22-21-14-23(19)11-16-7-6-10-25-16/h4-10,14-15,24H,11-13H2,1-3H3. The van der Waals surface area contributed by atoms with Crippen LogP contribution in [-0.4, -0.2) is 38.3 Å². The van der Waals surface area contributed by atoms with Crippen molar-refractivity contribution in [2.24, 2.45) is 0 Å². The number of benzene rings is 1. The minimum Gasteiger partial charge on any atom is -0.491 e. The van der Waals surface area contributed by atoms with Gasteiger partial charge in [-0.15, -0.1) is 10.2 Å². The SMILES string of the molecule is CC(C)(C)c1ccccc1OCC(O)CSc1nncn1Cc1ccco1. The molecule has 0 saturated carbocycles. The van der Waals surface area contributed by atoms with Crippen LogP contribution in [-0.2, 0) is 12.0 Å². The van der Waals surface area contributed by atoms with Crippen LogP contribution in [0.5, 0.6) is 5.75 Å². The smallest absolute Gasteiger partial charge is 0.191 e. The molecule has 0 aliphatic carbocycles. The molecule has 1 aromatic carbocycles. The summed E-state index contributed by atoms with van der Waals surface area (Å²) in [5.74, 6) is 2.11. The van der Waals surface area contributed by atoms with Crippen LogP contribution in [0.25, 0.3) is 0 Å². The van der Waals surface area contributed by atoms with Crippen molar-refractivity contribution >= 4 is 11.8 Å². The molecule has 2 heterocycles. The number of aliphatic hydroxyl groups excluding tert-OH is 1. The van der Waals surface area contributed by atoms with Gasteiger partial charge in [0.15, 0.2) is 5.16 Å². The summed E-state index contributed by atoms with van der Waals surface area (Å²) in [6.45, 7) is 7.23. The Balaban J connectivity index is 1.53. The van der Waals surface area contributed by atoms with Crippen LogP contribution in [0.15, 0.2) is 58.6 Å². The van der Waals surface area contributed by atoms with Crippen molar-refractivity contribution < 1.29 is 14.3 Å². The Morgan fingerprint density at radius 2 is 2.04 bits per heavy atom. The molecule has 0 spiro atoms. The van der Waals surface area contributed by atoms with Crippen molar-refractivity contribution in [1.29, 1.82) is 0 Å². The van der Waals surface area contributed by atoms with Crippen LogP contribution in [0.2, 0.25) is 0 Å². The third-order valence-corrected chi connectivity index (χ3v) is 5.14. The summed E-state index contributed by atoms with van der Waals surface area (Å²) >= 11 is 1.45. The molecule has 0 aliphatic heterocycles. The fourth-order valence-corrected chi connectivity index (χ4v) is 3.47. The van der Waals surface area contributed by atoms with Crippen LogP contribution >= 0.6 is 11.8 Å². The molecular weight excluding hydrogens is 362 g/mol. The molecule has 3 aromatic rings. The molecular formula is C20H25N3O3S. The van der Waals surface area contributed by atoms with Gasteiger partial charge in [0.05, 0.1) is 18.9 Å². The summed E-state index contributed by atoms with van der Waals surface area (Å²) in [5, 5.41) is 19.1. The summed E-state index contributed by atoms with van der Waals surface area (Å²) in [6.07, 6.45) is 2.69. The number of hydrogen-bond acceptors (Lipinski definition) is 6. The van der Waals surface area contributed by atoms with E-state index in [0.717, 1.165) is 22.2 Å². The van der Waals surface area contributed by atoms with E-state index in [1.54, 1.807) is 12.6 Å². The maximum atomic E-state index is 10.3. The van der Waals surface area contributed by atoms with E-state index in [0.29, 0.717) is 12.3 Å². The first-order valence-corrected chi connectivity index (χ1v) is 9.85. The maximum Gasteiger partial charge on any atom is 0.191 e. The molecule has 1 unspecified atom stereocenters. The number of nitrogens with zero attached hydrogens (tertiary/aromatic N) is 3. The zero-order valence-electron chi connectivity index (χ0n) is 15.8. The minimum absolute atomic E-state index is 0.0153. The van der Waals surface area contributed by atoms with E-state index in [1.165, 1.54) is 11.8 Å². The second-order valence-corrected chi connectivity index (χ2v) is 8.33. The minimum atomic E-state index is -0.614. The van der Waals surface area contributed by atoms with Gasteiger partial charge in [0.1, 0.15) is 24.4 Å². The van der Waals surface area contributed by atoms with E-state index in [9.17, 15) is 5.11 Å². The Morgan fingerprint density at radius 1 is 1.22 bits per heavy atom. The Kier molecular flexibility index (Phi) is 6.23. The Labute approximate surface area is 163 Å². The largest absolute Gasteiger partial charge is 0.491 e. The van der Waals surface area contributed by atoms with E-state index in [4.69, 9.17) is 9.15 Å². The van der Waals surface area contributed by atoms with Crippen molar-refractivity contribution in [3.63, 3.8) is 0 Å². The van der Waals surface area contributed by atoms with Gasteiger partial charge in [0.2, 0.25) is 0 Å². The summed E-state index contributed by atoms with van der Waals surface area (Å²) in [5.41, 5.74) is 1.11. The molecule has 1 N–H and O–H groups in total. The molecule has 7 heteroatoms. The molecule has 0 bridgehead atoms. The van der Waals surface area contributed by atoms with Gasteiger partial charge in [0.25, 0.3) is 0 Å². The third-order valence-electron chi connectivity index (χ3n) is 4.02. The molecule has 6 nitrogen and oxygen atoms in total. The number of furan rings is 1. The summed E-state index contributed by atoms with van der Waals surface area (Å²) in [6, 6.07) is 11.7. The maximum absolute atomic E-state index is 10.3. The molecule has 2 aromatic heterocycles. The number of hydrogen-bond donors (Lipinski definition) is 1. The monoisotopic (exact) mass is 387 g/mol. The lowest BCUT2D eigenvalue weighted by Crippen LogP contribution is -2.22. The van der Waals surface area contributed by atoms with Crippen LogP contribution in [0.3, 0.4) is 0 Å². The zero-order valence-corrected chi connectivity index (χ0v) is 16.6. The Bertz CT molecular complexity index is 840. The molecule has 144 valence electrons. The number of rotatable bonds is 8. The van der Waals surface area contributed by atoms with E-state index in [-0.39, 0.29) is 12.0 Å². The first kappa shape index (κ1) is 19.5. The second kappa shape index (κ2) is 8.63. The molecule has 3 rings (SSSR count). The molecule has 0 fully saturated rings. The lowest BCUT2D eigenvalue weighted by atomic mass is 9.86. The summed E-state index contributed by atoms with van der Waals surface area (Å²) in [4.78, 5) is 0. The lowest BCUT2D eigenvalue weighted by molar-refractivity contribution is 0.125. The predicted octanol–water partition coefficient (Wildman–Crippen LogP) is 3.75. The van der Waals surface area contributed by atoms with Crippen molar-refractivity contribution in [3.8, 4) is 5.75 Å². The first-order valence-electron chi connectivity index (χ1n) is 8.87. The number of ether oxygens (including phenoxy) is 1. The van der Waals surface area contributed by atoms with E-state index >= 15 is 0 Å². The third kappa shape index (κ3) is 5.37. The normalized spacial score (nSPS) is 12.9. The molecule has 0 amide bonds. The highest BCUT2D eigenvalue weighted by molar-refractivity contribution is 7.99. The number of aliphatic hydroxyl groups is 1. The van der Waals surface area contributed by atoms with E-state index < -0.39 is 6.10 Å². The van der Waals surface area contributed by atoms with Gasteiger partial charge in [-0.1, -0.05) is 50.7 Å². The molecule has 27 heavy (non-hydrogen) atoms. The van der Waals surface area contributed by atoms with Crippen LogP contribution in [0.4, 0.5) is 0 Å². The van der Waals surface area contributed by atoms with Gasteiger partial charge in [-0.3, -0.25) is 0 Å². The van der Waals surface area contributed by atoms with Crippen LogP contribution in [0.1, 0.15) is 32.1 Å². The first-order chi connectivity index (χ1) is 12.9. The molecule has 1 atom stereocenters. The van der Waals surface area contributed by atoms with E-state index in [1.807, 2.05) is 34.9 Å². The highest BCUT2D eigenvalue weighted by Gasteiger charge is 2.19. The van der Waals surface area contributed by atoms with Crippen molar-refractivity contribution in [1.82, 2.24) is 14.8 Å². The van der Waals surface area contributed by atoms with Gasteiger partial charge in [-0.05, 0) is 29.2 Å². The van der Waals surface area contributed by atoms with Gasteiger partial charge in [0, 0.05) is 5.75 Å². The van der Waals surface area contributed by atoms with Crippen LogP contribution < -0.4 is 4.74 Å². The van der Waals surface area contributed by atoms with Crippen molar-refractivity contribution in [3.05, 3.63) is 60.3 Å². The van der Waals surface area contributed by atoms with Gasteiger partial charge in [-0.2, -0.15) is 0 Å². The summed E-state index contributed by atoms with van der Waals surface area (Å²) < 4.78 is 13.1. The zero-order chi connectivity index (χ0) is 19.3. The fourth-order valence-electron chi connectivity index (χ4n) is 2.65. The van der Waals surface area contributed by atoms with E-state index in [2.05, 4.69) is 37.0 Å². The van der Waals surface area contributed by atoms with Crippen molar-refractivity contribution in [2.45, 2.75) is 44.0 Å². The number of para-hydroxylation sites is 1. The average molecular weight is 388 g/mol. The highest BCUT2D eigenvalue weighted by Crippen LogP contribution is 2.31. The average Bonchev–Trinajstić information content (AvgIpc) is 3.30. The van der Waals surface area contributed by atoms with Crippen LogP contribution in [0, 0.1) is 0 Å².